The molecule has 4 rings (SSSR count). The average Bonchev–Trinajstić information content (AvgIpc) is 3.44. The lowest BCUT2D eigenvalue weighted by Crippen LogP contribution is -2.56. The van der Waals surface area contributed by atoms with Gasteiger partial charge in [0, 0.05) is 25.2 Å². The molecule has 2 atom stereocenters. The predicted molar refractivity (Wildman–Crippen MR) is 96.8 cm³/mol. The first kappa shape index (κ1) is 16.1. The minimum Gasteiger partial charge on any atom is -0.338 e. The summed E-state index contributed by atoms with van der Waals surface area (Å²) < 4.78 is 0. The van der Waals surface area contributed by atoms with Gasteiger partial charge in [0.1, 0.15) is 0 Å². The van der Waals surface area contributed by atoms with Gasteiger partial charge in [0.2, 0.25) is 5.91 Å². The summed E-state index contributed by atoms with van der Waals surface area (Å²) in [7, 11) is 0. The Labute approximate surface area is 146 Å². The Morgan fingerprint density at radius 2 is 1.71 bits per heavy atom. The first-order chi connectivity index (χ1) is 11.8. The van der Waals surface area contributed by atoms with Gasteiger partial charge >= 0.3 is 0 Å². The van der Waals surface area contributed by atoms with E-state index >= 15 is 0 Å². The van der Waals surface area contributed by atoms with E-state index in [1.165, 1.54) is 58.0 Å². The summed E-state index contributed by atoms with van der Waals surface area (Å²) in [4.78, 5) is 18.0. The van der Waals surface area contributed by atoms with Crippen molar-refractivity contribution in [3.8, 4) is 0 Å². The largest absolute Gasteiger partial charge is 0.338 e. The second-order valence-electron chi connectivity index (χ2n) is 7.96. The van der Waals surface area contributed by atoms with Crippen LogP contribution in [0.1, 0.15) is 50.5 Å². The number of likely N-dealkylation sites (tertiary alicyclic amines) is 2. The van der Waals surface area contributed by atoms with Gasteiger partial charge in [0.25, 0.3) is 0 Å². The molecule has 24 heavy (non-hydrogen) atoms. The molecule has 1 aromatic rings. The van der Waals surface area contributed by atoms with Gasteiger partial charge in [-0.3, -0.25) is 9.69 Å². The second-order valence-corrected chi connectivity index (χ2v) is 7.96. The molecule has 3 nitrogen and oxygen atoms in total. The molecule has 2 saturated heterocycles. The van der Waals surface area contributed by atoms with Gasteiger partial charge in [-0.2, -0.15) is 0 Å². The van der Waals surface area contributed by atoms with E-state index in [4.69, 9.17) is 0 Å². The van der Waals surface area contributed by atoms with E-state index in [9.17, 15) is 4.79 Å². The van der Waals surface area contributed by atoms with Gasteiger partial charge in [-0.1, -0.05) is 36.8 Å². The zero-order chi connectivity index (χ0) is 16.4. The minimum atomic E-state index is 0.337. The zero-order valence-electron chi connectivity index (χ0n) is 14.7. The van der Waals surface area contributed by atoms with Crippen LogP contribution in [0.5, 0.6) is 0 Å². The highest BCUT2D eigenvalue weighted by molar-refractivity contribution is 5.79. The third-order valence-corrected chi connectivity index (χ3v) is 6.12. The number of benzene rings is 1. The standard InChI is InChI=1S/C21H30N2O/c24-21(15-17-7-2-1-3-8-17)23-14-6-10-19-20(23)9-4-5-13-22(19)16-18-11-12-18/h1-3,7-8,18-20H,4-6,9-16H2/t19-,20-/m1/s1. The van der Waals surface area contributed by atoms with Crippen molar-refractivity contribution in [1.82, 2.24) is 9.80 Å². The lowest BCUT2D eigenvalue weighted by Gasteiger charge is -2.45. The Morgan fingerprint density at radius 3 is 2.50 bits per heavy atom. The van der Waals surface area contributed by atoms with Crippen LogP contribution in [0.2, 0.25) is 0 Å². The maximum Gasteiger partial charge on any atom is 0.227 e. The number of rotatable bonds is 4. The minimum absolute atomic E-state index is 0.337. The lowest BCUT2D eigenvalue weighted by molar-refractivity contribution is -0.136. The molecule has 130 valence electrons. The van der Waals surface area contributed by atoms with E-state index in [1.54, 1.807) is 0 Å². The molecule has 0 aromatic heterocycles. The summed E-state index contributed by atoms with van der Waals surface area (Å²) in [5.74, 6) is 1.28. The number of hydrogen-bond donors (Lipinski definition) is 0. The maximum absolute atomic E-state index is 13.0. The summed E-state index contributed by atoms with van der Waals surface area (Å²) in [6.45, 7) is 3.49. The van der Waals surface area contributed by atoms with E-state index in [2.05, 4.69) is 21.9 Å². The van der Waals surface area contributed by atoms with Crippen molar-refractivity contribution in [2.24, 2.45) is 5.92 Å². The highest BCUT2D eigenvalue weighted by Crippen LogP contribution is 2.35. The van der Waals surface area contributed by atoms with Gasteiger partial charge in [0.05, 0.1) is 6.42 Å². The molecular weight excluding hydrogens is 296 g/mol. The third-order valence-electron chi connectivity index (χ3n) is 6.12. The highest BCUT2D eigenvalue weighted by Gasteiger charge is 2.39. The van der Waals surface area contributed by atoms with Gasteiger partial charge in [-0.05, 0) is 56.6 Å². The fourth-order valence-corrected chi connectivity index (χ4v) is 4.69. The van der Waals surface area contributed by atoms with Crippen LogP contribution in [0.4, 0.5) is 0 Å². The van der Waals surface area contributed by atoms with Crippen molar-refractivity contribution in [3.05, 3.63) is 35.9 Å². The average molecular weight is 326 g/mol. The molecule has 0 spiro atoms. The molecule has 0 N–H and O–H groups in total. The topological polar surface area (TPSA) is 23.6 Å². The second kappa shape index (κ2) is 7.26. The van der Waals surface area contributed by atoms with Crippen LogP contribution in [-0.2, 0) is 11.2 Å². The van der Waals surface area contributed by atoms with Crippen molar-refractivity contribution in [2.75, 3.05) is 19.6 Å². The van der Waals surface area contributed by atoms with E-state index in [0.29, 0.717) is 24.4 Å². The molecule has 2 heterocycles. The SMILES string of the molecule is O=C(Cc1ccccc1)N1CCC[C@@H]2[C@H]1CCCCN2CC1CC1. The predicted octanol–water partition coefficient (Wildman–Crippen LogP) is 3.48. The number of hydrogen-bond acceptors (Lipinski definition) is 2. The maximum atomic E-state index is 13.0. The normalized spacial score (nSPS) is 28.2. The molecule has 0 bridgehead atoms. The zero-order valence-corrected chi connectivity index (χ0v) is 14.7. The highest BCUT2D eigenvalue weighted by atomic mass is 16.2. The van der Waals surface area contributed by atoms with E-state index in [-0.39, 0.29) is 0 Å². The molecule has 3 heteroatoms. The third kappa shape index (κ3) is 3.66. The number of carbonyl (C=O) groups excluding carboxylic acids is 1. The summed E-state index contributed by atoms with van der Waals surface area (Å²) in [6.07, 6.45) is 9.64. The van der Waals surface area contributed by atoms with E-state index in [0.717, 1.165) is 18.0 Å². The van der Waals surface area contributed by atoms with Gasteiger partial charge < -0.3 is 4.90 Å². The quantitative estimate of drug-likeness (QED) is 0.846. The Morgan fingerprint density at radius 1 is 0.917 bits per heavy atom. The molecule has 2 aliphatic heterocycles. The number of amides is 1. The van der Waals surface area contributed by atoms with Crippen LogP contribution in [0.15, 0.2) is 30.3 Å². The van der Waals surface area contributed by atoms with Crippen LogP contribution in [0.25, 0.3) is 0 Å². The van der Waals surface area contributed by atoms with Crippen molar-refractivity contribution in [3.63, 3.8) is 0 Å². The molecule has 1 saturated carbocycles. The fourth-order valence-electron chi connectivity index (χ4n) is 4.69. The van der Waals surface area contributed by atoms with Gasteiger partial charge in [-0.15, -0.1) is 0 Å². The fraction of sp³-hybridized carbons (Fsp3) is 0.667. The van der Waals surface area contributed by atoms with Crippen LogP contribution in [0, 0.1) is 5.92 Å². The Kier molecular flexibility index (Phi) is 4.88. The molecule has 1 aliphatic carbocycles. The summed E-state index contributed by atoms with van der Waals surface area (Å²) >= 11 is 0. The first-order valence-electron chi connectivity index (χ1n) is 9.89. The van der Waals surface area contributed by atoms with E-state index < -0.39 is 0 Å². The first-order valence-corrected chi connectivity index (χ1v) is 9.89. The van der Waals surface area contributed by atoms with Crippen LogP contribution >= 0.6 is 0 Å². The summed E-state index contributed by atoms with van der Waals surface area (Å²) in [5.41, 5.74) is 1.15. The van der Waals surface area contributed by atoms with Crippen LogP contribution in [0.3, 0.4) is 0 Å². The monoisotopic (exact) mass is 326 g/mol. The number of fused-ring (bicyclic) bond motifs is 1. The van der Waals surface area contributed by atoms with Crippen LogP contribution in [-0.4, -0.2) is 47.4 Å². The summed E-state index contributed by atoms with van der Waals surface area (Å²) in [5, 5.41) is 0. The molecule has 3 fully saturated rings. The van der Waals surface area contributed by atoms with Crippen molar-refractivity contribution in [1.29, 1.82) is 0 Å². The van der Waals surface area contributed by atoms with Gasteiger partial charge in [0.15, 0.2) is 0 Å². The Hall–Kier alpha value is -1.35. The number of nitrogens with zero attached hydrogens (tertiary/aromatic N) is 2. The Bertz CT molecular complexity index is 554. The number of piperidine rings is 1. The van der Waals surface area contributed by atoms with Crippen molar-refractivity contribution in [2.45, 2.75) is 63.5 Å². The molecule has 0 unspecified atom stereocenters. The molecule has 3 aliphatic rings. The van der Waals surface area contributed by atoms with Crippen molar-refractivity contribution >= 4 is 5.91 Å². The number of carbonyl (C=O) groups is 1. The molecule has 0 radical (unpaired) electrons. The van der Waals surface area contributed by atoms with Gasteiger partial charge in [-0.25, -0.2) is 0 Å². The molecule has 1 aromatic carbocycles. The lowest BCUT2D eigenvalue weighted by atomic mass is 9.91. The smallest absolute Gasteiger partial charge is 0.227 e. The van der Waals surface area contributed by atoms with E-state index in [1.807, 2.05) is 18.2 Å². The Balaban J connectivity index is 1.47. The molecular formula is C21H30N2O. The summed E-state index contributed by atoms with van der Waals surface area (Å²) in [6, 6.07) is 11.3. The van der Waals surface area contributed by atoms with Crippen molar-refractivity contribution < 1.29 is 4.79 Å². The molecule has 1 amide bonds. The van der Waals surface area contributed by atoms with Crippen LogP contribution < -0.4 is 0 Å².